The van der Waals surface area contributed by atoms with Gasteiger partial charge in [0.25, 0.3) is 11.6 Å². The molecule has 0 radical (unpaired) electrons. The zero-order chi connectivity index (χ0) is 18.8. The fourth-order valence-electron chi connectivity index (χ4n) is 2.45. The Morgan fingerprint density at radius 2 is 2.19 bits per heavy atom. The molecular weight excluding hydrogens is 342 g/mol. The first-order valence-corrected chi connectivity index (χ1v) is 7.59. The van der Waals surface area contributed by atoms with Crippen LogP contribution in [0, 0.1) is 17.0 Å². The molecule has 0 fully saturated rings. The summed E-state index contributed by atoms with van der Waals surface area (Å²) in [6.07, 6.45) is 0. The van der Waals surface area contributed by atoms with Crippen molar-refractivity contribution in [1.82, 2.24) is 4.98 Å². The van der Waals surface area contributed by atoms with Crippen molar-refractivity contribution in [2.45, 2.75) is 6.92 Å². The summed E-state index contributed by atoms with van der Waals surface area (Å²) in [4.78, 5) is 40.0. The molecule has 26 heavy (non-hydrogen) atoms. The van der Waals surface area contributed by atoms with Gasteiger partial charge in [0.1, 0.15) is 12.4 Å². The van der Waals surface area contributed by atoms with E-state index < -0.39 is 16.7 Å². The Morgan fingerprint density at radius 1 is 1.42 bits per heavy atom. The molecule has 0 saturated carbocycles. The van der Waals surface area contributed by atoms with Gasteiger partial charge in [0.05, 0.1) is 10.6 Å². The molecule has 0 bridgehead atoms. The number of aryl methyl sites for hydroxylation is 1. The fourth-order valence-corrected chi connectivity index (χ4v) is 2.45. The average Bonchev–Trinajstić information content (AvgIpc) is 2.59. The number of pyridine rings is 1. The Bertz CT molecular complexity index is 914. The molecule has 3 N–H and O–H groups in total. The maximum atomic E-state index is 12.4. The Labute approximate surface area is 147 Å². The number of nitrogens with one attached hydrogen (secondary N) is 1. The number of carbonyl (C=O) groups is 2. The van der Waals surface area contributed by atoms with Gasteiger partial charge in [-0.15, -0.1) is 0 Å². The topological polar surface area (TPSA) is 141 Å². The molecule has 2 heterocycles. The van der Waals surface area contributed by atoms with E-state index in [2.05, 4.69) is 10.3 Å². The molecule has 2 aromatic rings. The summed E-state index contributed by atoms with van der Waals surface area (Å²) < 4.78 is 5.27. The van der Waals surface area contributed by atoms with Gasteiger partial charge in [-0.25, -0.2) is 4.98 Å². The van der Waals surface area contributed by atoms with Crippen molar-refractivity contribution in [1.29, 1.82) is 0 Å². The summed E-state index contributed by atoms with van der Waals surface area (Å²) in [5.41, 5.74) is 6.44. The lowest BCUT2D eigenvalue weighted by atomic mass is 10.2. The minimum Gasteiger partial charge on any atom is -0.480 e. The third-order valence-electron chi connectivity index (χ3n) is 3.78. The van der Waals surface area contributed by atoms with Gasteiger partial charge in [0, 0.05) is 12.1 Å². The largest absolute Gasteiger partial charge is 0.480 e. The number of amides is 2. The number of nitro groups is 1. The Hall–Kier alpha value is -3.69. The molecule has 3 rings (SSSR count). The first-order valence-electron chi connectivity index (χ1n) is 7.59. The van der Waals surface area contributed by atoms with Gasteiger partial charge in [-0.3, -0.25) is 24.6 Å². The Kier molecular flexibility index (Phi) is 4.40. The number of nitrogens with zero attached hydrogens (tertiary/aromatic N) is 3. The van der Waals surface area contributed by atoms with E-state index in [0.717, 1.165) is 4.90 Å². The number of nitrogen functional groups attached to an aromatic ring is 1. The summed E-state index contributed by atoms with van der Waals surface area (Å²) in [5.74, 6) is -0.284. The Morgan fingerprint density at radius 3 is 2.92 bits per heavy atom. The van der Waals surface area contributed by atoms with Crippen molar-refractivity contribution in [3.63, 3.8) is 0 Å². The number of nitrogens with two attached hydrogens (primary N) is 1. The predicted octanol–water partition coefficient (Wildman–Crippen LogP) is 1.24. The molecule has 1 aromatic carbocycles. The van der Waals surface area contributed by atoms with Crippen molar-refractivity contribution in [2.24, 2.45) is 0 Å². The third-order valence-corrected chi connectivity index (χ3v) is 3.78. The molecule has 1 aromatic heterocycles. The number of benzene rings is 1. The van der Waals surface area contributed by atoms with Crippen molar-refractivity contribution >= 4 is 34.8 Å². The lowest BCUT2D eigenvalue weighted by molar-refractivity contribution is -0.384. The van der Waals surface area contributed by atoms with Gasteiger partial charge >= 0.3 is 0 Å². The van der Waals surface area contributed by atoms with Crippen LogP contribution in [0.1, 0.15) is 5.56 Å². The number of fused-ring (bicyclic) bond motifs is 1. The van der Waals surface area contributed by atoms with Gasteiger partial charge in [-0.1, -0.05) is 6.07 Å². The van der Waals surface area contributed by atoms with Crippen molar-refractivity contribution in [3.05, 3.63) is 46.0 Å². The van der Waals surface area contributed by atoms with Gasteiger partial charge in [0.2, 0.25) is 5.91 Å². The highest BCUT2D eigenvalue weighted by Crippen LogP contribution is 2.30. The van der Waals surface area contributed by atoms with Crippen LogP contribution in [-0.2, 0) is 9.59 Å². The van der Waals surface area contributed by atoms with E-state index in [-0.39, 0.29) is 30.5 Å². The Balaban J connectivity index is 1.81. The second kappa shape index (κ2) is 6.67. The van der Waals surface area contributed by atoms with Crippen LogP contribution in [0.15, 0.2) is 30.3 Å². The van der Waals surface area contributed by atoms with Crippen LogP contribution in [0.5, 0.6) is 5.75 Å². The van der Waals surface area contributed by atoms with E-state index in [9.17, 15) is 19.7 Å². The molecule has 0 atom stereocenters. The van der Waals surface area contributed by atoms with E-state index >= 15 is 0 Å². The minimum absolute atomic E-state index is 0.145. The normalized spacial score (nSPS) is 13.0. The summed E-state index contributed by atoms with van der Waals surface area (Å²) >= 11 is 0. The van der Waals surface area contributed by atoms with Crippen LogP contribution < -0.4 is 20.7 Å². The number of hydrogen-bond donors (Lipinski definition) is 2. The molecule has 0 unspecified atom stereocenters. The highest BCUT2D eigenvalue weighted by molar-refractivity contribution is 6.04. The fraction of sp³-hybridized carbons (Fsp3) is 0.188. The molecular formula is C16H15N5O5. The highest BCUT2D eigenvalue weighted by atomic mass is 16.6. The number of nitro benzene ring substituents is 1. The van der Waals surface area contributed by atoms with Crippen LogP contribution in [-0.4, -0.2) is 34.9 Å². The van der Waals surface area contributed by atoms with E-state index in [0.29, 0.717) is 17.0 Å². The van der Waals surface area contributed by atoms with Gasteiger partial charge in [-0.05, 0) is 24.6 Å². The molecule has 0 saturated heterocycles. The molecule has 2 amide bonds. The zero-order valence-corrected chi connectivity index (χ0v) is 13.8. The van der Waals surface area contributed by atoms with E-state index in [1.807, 2.05) is 0 Å². The quantitative estimate of drug-likeness (QED) is 0.619. The number of carbonyl (C=O) groups excluding carboxylic acids is 2. The SMILES string of the molecule is Cc1ccc([N+](=O)[O-])cc1NC(=O)CN1C(=O)COc2ccc(N)nc21. The van der Waals surface area contributed by atoms with Crippen LogP contribution >= 0.6 is 0 Å². The predicted molar refractivity (Wildman–Crippen MR) is 93.0 cm³/mol. The number of non-ortho nitro benzene ring substituents is 1. The molecule has 1 aliphatic rings. The zero-order valence-electron chi connectivity index (χ0n) is 13.8. The molecule has 10 heteroatoms. The van der Waals surface area contributed by atoms with E-state index in [1.54, 1.807) is 13.0 Å². The summed E-state index contributed by atoms with van der Waals surface area (Å²) in [6.45, 7) is 1.16. The van der Waals surface area contributed by atoms with Gasteiger partial charge in [-0.2, -0.15) is 0 Å². The van der Waals surface area contributed by atoms with Crippen molar-refractivity contribution in [3.8, 4) is 5.75 Å². The monoisotopic (exact) mass is 357 g/mol. The first-order chi connectivity index (χ1) is 12.3. The number of ether oxygens (including phenoxy) is 1. The number of hydrogen-bond acceptors (Lipinski definition) is 7. The lowest BCUT2D eigenvalue weighted by Gasteiger charge is -2.27. The number of anilines is 3. The molecule has 134 valence electrons. The van der Waals surface area contributed by atoms with Crippen LogP contribution in [0.4, 0.5) is 23.0 Å². The van der Waals surface area contributed by atoms with E-state index in [4.69, 9.17) is 10.5 Å². The maximum Gasteiger partial charge on any atom is 0.271 e. The first kappa shape index (κ1) is 17.1. The summed E-state index contributed by atoms with van der Waals surface area (Å²) in [6, 6.07) is 7.24. The molecule has 0 spiro atoms. The minimum atomic E-state index is -0.552. The smallest absolute Gasteiger partial charge is 0.271 e. The molecule has 1 aliphatic heterocycles. The van der Waals surface area contributed by atoms with Crippen LogP contribution in [0.2, 0.25) is 0 Å². The second-order valence-corrected chi connectivity index (χ2v) is 5.63. The van der Waals surface area contributed by atoms with E-state index in [1.165, 1.54) is 24.3 Å². The molecule has 0 aliphatic carbocycles. The van der Waals surface area contributed by atoms with Crippen LogP contribution in [0.25, 0.3) is 0 Å². The second-order valence-electron chi connectivity index (χ2n) is 5.63. The lowest BCUT2D eigenvalue weighted by Crippen LogP contribution is -2.44. The maximum absolute atomic E-state index is 12.4. The van der Waals surface area contributed by atoms with Gasteiger partial charge in [0.15, 0.2) is 18.2 Å². The third kappa shape index (κ3) is 3.38. The van der Waals surface area contributed by atoms with Crippen LogP contribution in [0.3, 0.4) is 0 Å². The summed E-state index contributed by atoms with van der Waals surface area (Å²) in [7, 11) is 0. The number of aromatic nitrogens is 1. The average molecular weight is 357 g/mol. The number of rotatable bonds is 4. The highest BCUT2D eigenvalue weighted by Gasteiger charge is 2.29. The summed E-state index contributed by atoms with van der Waals surface area (Å²) in [5, 5.41) is 13.5. The van der Waals surface area contributed by atoms with Crippen molar-refractivity contribution in [2.75, 3.05) is 29.1 Å². The van der Waals surface area contributed by atoms with Crippen molar-refractivity contribution < 1.29 is 19.2 Å². The van der Waals surface area contributed by atoms with Gasteiger partial charge < -0.3 is 15.8 Å². The standard InChI is InChI=1S/C16H15N5O5/c1-9-2-3-10(21(24)25)6-11(9)18-14(22)7-20-15(23)8-26-12-4-5-13(17)19-16(12)20/h2-6H,7-8H2,1H3,(H2,17,19)(H,18,22). The molecule has 10 nitrogen and oxygen atoms in total.